The van der Waals surface area contributed by atoms with E-state index in [2.05, 4.69) is 4.98 Å². The fourth-order valence-corrected chi connectivity index (χ4v) is 2.88. The summed E-state index contributed by atoms with van der Waals surface area (Å²) < 4.78 is 10.3. The second-order valence-electron chi connectivity index (χ2n) is 6.31. The van der Waals surface area contributed by atoms with Gasteiger partial charge >= 0.3 is 11.9 Å². The van der Waals surface area contributed by atoms with Gasteiger partial charge in [0.25, 0.3) is 0 Å². The van der Waals surface area contributed by atoms with E-state index in [1.54, 1.807) is 32.9 Å². The number of ether oxygens (including phenoxy) is 2. The Hall–Kier alpha value is -2.89. The zero-order valence-electron chi connectivity index (χ0n) is 16.3. The van der Waals surface area contributed by atoms with Crippen LogP contribution in [0.5, 0.6) is 0 Å². The molecule has 0 amide bonds. The van der Waals surface area contributed by atoms with Crippen molar-refractivity contribution in [3.05, 3.63) is 57.9 Å². The maximum Gasteiger partial charge on any atom is 0.355 e. The number of H-pyrrole nitrogens is 1. The lowest BCUT2D eigenvalue weighted by atomic mass is 10.0. The van der Waals surface area contributed by atoms with Crippen molar-refractivity contribution in [2.45, 2.75) is 47.1 Å². The number of esters is 2. The summed E-state index contributed by atoms with van der Waals surface area (Å²) in [5, 5.41) is 0. The molecule has 0 fully saturated rings. The van der Waals surface area contributed by atoms with Crippen LogP contribution in [0.3, 0.4) is 0 Å². The van der Waals surface area contributed by atoms with Crippen LogP contribution in [-0.4, -0.2) is 35.4 Å². The third-order valence-corrected chi connectivity index (χ3v) is 4.42. The highest BCUT2D eigenvalue weighted by molar-refractivity contribution is 6.02. The van der Waals surface area contributed by atoms with Crippen molar-refractivity contribution in [2.75, 3.05) is 6.61 Å². The molecule has 0 unspecified atom stereocenters. The molecule has 1 atom stereocenters. The van der Waals surface area contributed by atoms with Gasteiger partial charge in [-0.3, -0.25) is 4.79 Å². The average Bonchev–Trinajstić information content (AvgIpc) is 2.95. The van der Waals surface area contributed by atoms with Crippen LogP contribution in [0.4, 0.5) is 0 Å². The highest BCUT2D eigenvalue weighted by Crippen LogP contribution is 2.21. The number of carbonyl (C=O) groups excluding carboxylic acids is 3. The Morgan fingerprint density at radius 1 is 1.04 bits per heavy atom. The first-order valence-corrected chi connectivity index (χ1v) is 9.00. The SMILES string of the molecule is CCOC(=O)c1c(C)[nH]c(C(=O)O[C@@H](C)C(=O)c2ccc(CC)cc2)c1C. The first-order chi connectivity index (χ1) is 12.8. The van der Waals surface area contributed by atoms with Gasteiger partial charge in [-0.05, 0) is 45.2 Å². The van der Waals surface area contributed by atoms with Crippen LogP contribution in [0.25, 0.3) is 0 Å². The van der Waals surface area contributed by atoms with Gasteiger partial charge in [0.05, 0.1) is 12.2 Å². The largest absolute Gasteiger partial charge is 0.462 e. The number of nitrogens with one attached hydrogen (secondary N) is 1. The first-order valence-electron chi connectivity index (χ1n) is 9.00. The Morgan fingerprint density at radius 2 is 1.67 bits per heavy atom. The zero-order valence-corrected chi connectivity index (χ0v) is 16.3. The molecule has 1 aromatic carbocycles. The summed E-state index contributed by atoms with van der Waals surface area (Å²) in [7, 11) is 0. The van der Waals surface area contributed by atoms with E-state index < -0.39 is 18.0 Å². The Labute approximate surface area is 158 Å². The third-order valence-electron chi connectivity index (χ3n) is 4.42. The number of rotatable bonds is 7. The molecule has 0 saturated carbocycles. The van der Waals surface area contributed by atoms with Gasteiger partial charge in [-0.1, -0.05) is 31.2 Å². The van der Waals surface area contributed by atoms with Gasteiger partial charge in [0.2, 0.25) is 5.78 Å². The van der Waals surface area contributed by atoms with Gasteiger partial charge in [-0.15, -0.1) is 0 Å². The number of carbonyl (C=O) groups is 3. The Balaban J connectivity index is 2.15. The molecule has 6 heteroatoms. The number of ketones is 1. The number of hydrogen-bond donors (Lipinski definition) is 1. The molecule has 27 heavy (non-hydrogen) atoms. The molecule has 0 bridgehead atoms. The van der Waals surface area contributed by atoms with E-state index in [1.165, 1.54) is 6.92 Å². The predicted molar refractivity (Wildman–Crippen MR) is 101 cm³/mol. The molecular formula is C21H25NO5. The summed E-state index contributed by atoms with van der Waals surface area (Å²) in [6, 6.07) is 7.22. The second-order valence-corrected chi connectivity index (χ2v) is 6.31. The molecule has 1 heterocycles. The standard InChI is InChI=1S/C21H25NO5/c1-6-15-8-10-16(11-9-15)19(23)14(5)27-21(25)18-12(3)17(13(4)22-18)20(24)26-7-2/h8-11,14,22H,6-7H2,1-5H3/t14-/m0/s1. The Bertz CT molecular complexity index is 848. The van der Waals surface area contributed by atoms with Crippen molar-refractivity contribution in [3.8, 4) is 0 Å². The van der Waals surface area contributed by atoms with Crippen molar-refractivity contribution in [3.63, 3.8) is 0 Å². The molecule has 1 N–H and O–H groups in total. The summed E-state index contributed by atoms with van der Waals surface area (Å²) in [4.78, 5) is 39.9. The van der Waals surface area contributed by atoms with Crippen LogP contribution >= 0.6 is 0 Å². The smallest absolute Gasteiger partial charge is 0.355 e. The molecule has 6 nitrogen and oxygen atoms in total. The summed E-state index contributed by atoms with van der Waals surface area (Å²) in [6.45, 7) is 8.84. The fraction of sp³-hybridized carbons (Fsp3) is 0.381. The number of Topliss-reactive ketones (excluding diaryl/α,β-unsaturated/α-hetero) is 1. The maximum absolute atomic E-state index is 12.5. The molecule has 1 aromatic heterocycles. The minimum absolute atomic E-state index is 0.150. The van der Waals surface area contributed by atoms with Crippen molar-refractivity contribution < 1.29 is 23.9 Å². The zero-order chi connectivity index (χ0) is 20.1. The third kappa shape index (κ3) is 4.45. The van der Waals surface area contributed by atoms with Gasteiger partial charge in [-0.25, -0.2) is 9.59 Å². The molecule has 2 rings (SSSR count). The number of aryl methyl sites for hydroxylation is 2. The van der Waals surface area contributed by atoms with E-state index in [0.717, 1.165) is 12.0 Å². The minimum atomic E-state index is -0.945. The van der Waals surface area contributed by atoms with Gasteiger partial charge in [0.15, 0.2) is 6.10 Å². The van der Waals surface area contributed by atoms with E-state index in [4.69, 9.17) is 9.47 Å². The van der Waals surface area contributed by atoms with Crippen molar-refractivity contribution in [1.82, 2.24) is 4.98 Å². The number of hydrogen-bond acceptors (Lipinski definition) is 5. The quantitative estimate of drug-likeness (QED) is 0.591. The lowest BCUT2D eigenvalue weighted by Gasteiger charge is -2.12. The first kappa shape index (κ1) is 20.4. The minimum Gasteiger partial charge on any atom is -0.462 e. The lowest BCUT2D eigenvalue weighted by molar-refractivity contribution is 0.0313. The van der Waals surface area contributed by atoms with E-state index in [9.17, 15) is 14.4 Å². The molecule has 0 saturated heterocycles. The highest BCUT2D eigenvalue weighted by Gasteiger charge is 2.26. The molecule has 2 aromatic rings. The van der Waals surface area contributed by atoms with Gasteiger partial charge in [0, 0.05) is 11.3 Å². The van der Waals surface area contributed by atoms with E-state index in [0.29, 0.717) is 22.4 Å². The lowest BCUT2D eigenvalue weighted by Crippen LogP contribution is -2.25. The van der Waals surface area contributed by atoms with Crippen LogP contribution in [0.1, 0.15) is 68.8 Å². The summed E-state index contributed by atoms with van der Waals surface area (Å²) in [5.74, 6) is -1.46. The molecule has 0 aliphatic rings. The molecule has 144 valence electrons. The fourth-order valence-electron chi connectivity index (χ4n) is 2.88. The van der Waals surface area contributed by atoms with Crippen molar-refractivity contribution in [2.24, 2.45) is 0 Å². The van der Waals surface area contributed by atoms with Crippen molar-refractivity contribution in [1.29, 1.82) is 0 Å². The van der Waals surface area contributed by atoms with Gasteiger partial charge in [-0.2, -0.15) is 0 Å². The molecule has 0 radical (unpaired) electrons. The number of aromatic nitrogens is 1. The normalized spacial score (nSPS) is 11.7. The van der Waals surface area contributed by atoms with Gasteiger partial charge in [0.1, 0.15) is 5.69 Å². The van der Waals surface area contributed by atoms with Gasteiger partial charge < -0.3 is 14.5 Å². The maximum atomic E-state index is 12.5. The highest BCUT2D eigenvalue weighted by atomic mass is 16.5. The van der Waals surface area contributed by atoms with E-state index in [1.807, 2.05) is 19.1 Å². The van der Waals surface area contributed by atoms with E-state index >= 15 is 0 Å². The van der Waals surface area contributed by atoms with Crippen LogP contribution in [0, 0.1) is 13.8 Å². The average molecular weight is 371 g/mol. The summed E-state index contributed by atoms with van der Waals surface area (Å²) >= 11 is 0. The summed E-state index contributed by atoms with van der Waals surface area (Å²) in [5.41, 5.74) is 3.05. The molecule has 0 aliphatic heterocycles. The molecule has 0 spiro atoms. The Morgan fingerprint density at radius 3 is 2.22 bits per heavy atom. The van der Waals surface area contributed by atoms with Crippen molar-refractivity contribution >= 4 is 17.7 Å². The molecule has 0 aliphatic carbocycles. The monoisotopic (exact) mass is 371 g/mol. The van der Waals surface area contributed by atoms with Crippen LogP contribution in [0.2, 0.25) is 0 Å². The van der Waals surface area contributed by atoms with Crippen LogP contribution < -0.4 is 0 Å². The second kappa shape index (κ2) is 8.66. The van der Waals surface area contributed by atoms with E-state index in [-0.39, 0.29) is 18.1 Å². The van der Waals surface area contributed by atoms with Crippen LogP contribution in [0.15, 0.2) is 24.3 Å². The van der Waals surface area contributed by atoms with Crippen LogP contribution in [-0.2, 0) is 15.9 Å². The summed E-state index contributed by atoms with van der Waals surface area (Å²) in [6.07, 6.45) is -0.0631. The Kier molecular flexibility index (Phi) is 6.55. The predicted octanol–water partition coefficient (Wildman–Crippen LogP) is 3.80. The number of benzene rings is 1. The topological polar surface area (TPSA) is 85.5 Å². The molecular weight excluding hydrogens is 346 g/mol. The number of aromatic amines is 1.